The van der Waals surface area contributed by atoms with E-state index in [-0.39, 0.29) is 26.8 Å². The Morgan fingerprint density at radius 3 is 2.32 bits per heavy atom. The van der Waals surface area contributed by atoms with E-state index in [1.54, 1.807) is 6.07 Å². The molecule has 0 atom stereocenters. The molecule has 9 nitrogen and oxygen atoms in total. The van der Waals surface area contributed by atoms with Crippen LogP contribution in [-0.2, 0) is 11.7 Å². The number of carbonyl (C=O) groups excluding carboxylic acids is 1. The normalized spacial score (nSPS) is 12.0. The van der Waals surface area contributed by atoms with Gasteiger partial charge in [0.05, 0.1) is 34.8 Å². The molecule has 0 aliphatic rings. The lowest BCUT2D eigenvalue weighted by Crippen LogP contribution is -2.39. The van der Waals surface area contributed by atoms with E-state index in [4.69, 9.17) is 27.3 Å². The van der Waals surface area contributed by atoms with Crippen LogP contribution < -0.4 is 5.32 Å². The van der Waals surface area contributed by atoms with Gasteiger partial charge < -0.3 is 10.4 Å². The first kappa shape index (κ1) is 23.5. The molecule has 0 unspecified atom stereocenters. The number of benzene rings is 1. The fourth-order valence-corrected chi connectivity index (χ4v) is 3.36. The highest BCUT2D eigenvalue weighted by Gasteiger charge is 2.44. The van der Waals surface area contributed by atoms with Gasteiger partial charge in [-0.1, -0.05) is 41.9 Å². The Hall–Kier alpha value is -3.64. The van der Waals surface area contributed by atoms with Gasteiger partial charge in [0, 0.05) is 5.56 Å². The SMILES string of the molecule is [B]C([B])(O)n1nc(-c2ccccc2)c(C(F)(F)F)c1C(=O)Nc1cnc(-n2nccn2)c(Cl)c1. The number of halogens is 4. The molecule has 3 heterocycles. The zero-order chi connectivity index (χ0) is 24.7. The summed E-state index contributed by atoms with van der Waals surface area (Å²) in [5.74, 6) is -1.20. The third-order valence-corrected chi connectivity index (χ3v) is 4.74. The van der Waals surface area contributed by atoms with Gasteiger partial charge in [0.15, 0.2) is 5.82 Å². The standard InChI is InChI=1S/C19H11B2ClF3N7O2/c20-19(21,34)31-15(13(18(23,24)25)14(30-31)10-4-2-1-3-5-10)17(33)29-11-8-12(22)16(26-9-11)32-27-6-7-28-32/h1-9,34H,(H,29,33). The van der Waals surface area contributed by atoms with E-state index in [9.17, 15) is 23.1 Å². The molecular weight excluding hydrogens is 472 g/mol. The van der Waals surface area contributed by atoms with Crippen LogP contribution in [0.25, 0.3) is 17.1 Å². The van der Waals surface area contributed by atoms with Crippen LogP contribution in [0.5, 0.6) is 0 Å². The van der Waals surface area contributed by atoms with Crippen LogP contribution in [0.2, 0.25) is 5.02 Å². The summed E-state index contributed by atoms with van der Waals surface area (Å²) in [6.45, 7) is 0. The molecule has 0 bridgehead atoms. The number of carbonyl (C=O) groups is 1. The number of pyridine rings is 1. The number of nitrogens with zero attached hydrogens (tertiary/aromatic N) is 6. The van der Waals surface area contributed by atoms with Crippen LogP contribution >= 0.6 is 11.6 Å². The zero-order valence-electron chi connectivity index (χ0n) is 16.9. The molecule has 1 amide bonds. The Morgan fingerprint density at radius 1 is 1.12 bits per heavy atom. The van der Waals surface area contributed by atoms with E-state index in [1.165, 1.54) is 42.7 Å². The molecule has 3 aromatic heterocycles. The third-order valence-electron chi connectivity index (χ3n) is 4.46. The Kier molecular flexibility index (Phi) is 5.96. The van der Waals surface area contributed by atoms with Crippen molar-refractivity contribution >= 4 is 38.9 Å². The molecule has 4 radical (unpaired) electrons. The van der Waals surface area contributed by atoms with Gasteiger partial charge in [-0.15, -0.1) is 4.80 Å². The first-order chi connectivity index (χ1) is 16.0. The molecule has 1 aromatic carbocycles. The van der Waals surface area contributed by atoms with E-state index >= 15 is 0 Å². The molecule has 0 saturated heterocycles. The molecule has 4 rings (SSSR count). The Labute approximate surface area is 197 Å². The summed E-state index contributed by atoms with van der Waals surface area (Å²) < 4.78 is 42.6. The number of aromatic nitrogens is 6. The third kappa shape index (κ3) is 4.54. The smallest absolute Gasteiger partial charge is 0.388 e. The molecule has 0 spiro atoms. The Morgan fingerprint density at radius 2 is 1.76 bits per heavy atom. The first-order valence-corrected chi connectivity index (χ1v) is 9.74. The predicted octanol–water partition coefficient (Wildman–Crippen LogP) is 2.35. The summed E-state index contributed by atoms with van der Waals surface area (Å²) >= 11 is 6.15. The molecule has 34 heavy (non-hydrogen) atoms. The maximum atomic E-state index is 14.1. The Balaban J connectivity index is 1.81. The van der Waals surface area contributed by atoms with Crippen molar-refractivity contribution in [2.75, 3.05) is 5.32 Å². The zero-order valence-corrected chi connectivity index (χ0v) is 17.7. The lowest BCUT2D eigenvalue weighted by molar-refractivity contribution is -0.137. The largest absolute Gasteiger partial charge is 0.420 e. The van der Waals surface area contributed by atoms with Crippen LogP contribution in [0.1, 0.15) is 16.1 Å². The lowest BCUT2D eigenvalue weighted by atomic mass is 9.73. The maximum Gasteiger partial charge on any atom is 0.420 e. The van der Waals surface area contributed by atoms with Gasteiger partial charge >= 0.3 is 6.18 Å². The van der Waals surface area contributed by atoms with E-state index in [2.05, 4.69) is 25.6 Å². The number of amides is 1. The minimum atomic E-state index is -5.06. The summed E-state index contributed by atoms with van der Waals surface area (Å²) in [6.07, 6.45) is -1.16. The molecule has 2 N–H and O–H groups in total. The van der Waals surface area contributed by atoms with Crippen molar-refractivity contribution in [1.29, 1.82) is 0 Å². The molecular formula is C19H11B2ClF3N7O2. The summed E-state index contributed by atoms with van der Waals surface area (Å²) in [4.78, 5) is 18.1. The summed E-state index contributed by atoms with van der Waals surface area (Å²) in [5, 5.41) is 23.8. The summed E-state index contributed by atoms with van der Waals surface area (Å²) in [6, 6.07) is 8.48. The van der Waals surface area contributed by atoms with Gasteiger partial charge in [0.25, 0.3) is 5.91 Å². The van der Waals surface area contributed by atoms with E-state index in [1.807, 2.05) is 0 Å². The van der Waals surface area contributed by atoms with Crippen molar-refractivity contribution in [3.8, 4) is 17.1 Å². The van der Waals surface area contributed by atoms with Crippen LogP contribution in [0, 0.1) is 0 Å². The number of rotatable bonds is 5. The number of hydrogen-bond donors (Lipinski definition) is 2. The van der Waals surface area contributed by atoms with Gasteiger partial charge in [-0.05, 0) is 6.07 Å². The average molecular weight is 483 g/mol. The Bertz CT molecular complexity index is 1340. The van der Waals surface area contributed by atoms with Gasteiger partial charge in [0.2, 0.25) is 0 Å². The van der Waals surface area contributed by atoms with Crippen LogP contribution in [0.4, 0.5) is 18.9 Å². The number of alkyl halides is 3. The number of anilines is 1. The fraction of sp³-hybridized carbons (Fsp3) is 0.105. The van der Waals surface area contributed by atoms with E-state index in [0.29, 0.717) is 0 Å². The predicted molar refractivity (Wildman–Crippen MR) is 116 cm³/mol. The summed E-state index contributed by atoms with van der Waals surface area (Å²) in [5.41, 5.74) is -6.18. The van der Waals surface area contributed by atoms with Crippen molar-refractivity contribution in [2.45, 2.75) is 11.7 Å². The van der Waals surface area contributed by atoms with Crippen molar-refractivity contribution in [1.82, 2.24) is 29.8 Å². The van der Waals surface area contributed by atoms with Gasteiger partial charge in [0.1, 0.15) is 32.6 Å². The molecule has 0 fully saturated rings. The molecule has 4 aromatic rings. The topological polar surface area (TPSA) is 111 Å². The molecule has 0 aliphatic heterocycles. The van der Waals surface area contributed by atoms with Crippen molar-refractivity contribution in [2.24, 2.45) is 0 Å². The minimum absolute atomic E-state index is 0.00215. The van der Waals surface area contributed by atoms with Crippen LogP contribution in [-0.4, -0.2) is 56.5 Å². The van der Waals surface area contributed by atoms with Crippen molar-refractivity contribution < 1.29 is 23.1 Å². The summed E-state index contributed by atoms with van der Waals surface area (Å²) in [7, 11) is 10.9. The lowest BCUT2D eigenvalue weighted by Gasteiger charge is -2.22. The molecule has 168 valence electrons. The van der Waals surface area contributed by atoms with E-state index in [0.717, 1.165) is 11.0 Å². The molecule has 15 heteroatoms. The second-order valence-electron chi connectivity index (χ2n) is 6.93. The molecule has 0 aliphatic carbocycles. The highest BCUT2D eigenvalue weighted by atomic mass is 35.5. The molecule has 0 saturated carbocycles. The highest BCUT2D eigenvalue weighted by Crippen LogP contribution is 2.40. The van der Waals surface area contributed by atoms with Crippen LogP contribution in [0.3, 0.4) is 0 Å². The van der Waals surface area contributed by atoms with Gasteiger partial charge in [-0.2, -0.15) is 28.5 Å². The highest BCUT2D eigenvalue weighted by molar-refractivity contribution is 6.36. The van der Waals surface area contributed by atoms with Crippen molar-refractivity contribution in [3.63, 3.8) is 0 Å². The van der Waals surface area contributed by atoms with Gasteiger partial charge in [-0.3, -0.25) is 4.79 Å². The quantitative estimate of drug-likeness (QED) is 0.422. The first-order valence-electron chi connectivity index (χ1n) is 9.36. The number of nitrogens with one attached hydrogen (secondary N) is 1. The minimum Gasteiger partial charge on any atom is -0.388 e. The fourth-order valence-electron chi connectivity index (χ4n) is 3.12. The van der Waals surface area contributed by atoms with Crippen LogP contribution in [0.15, 0.2) is 55.0 Å². The second-order valence-corrected chi connectivity index (χ2v) is 7.34. The average Bonchev–Trinajstić information content (AvgIpc) is 3.42. The monoisotopic (exact) mass is 483 g/mol. The van der Waals surface area contributed by atoms with Gasteiger partial charge in [-0.25, -0.2) is 9.67 Å². The number of hydrogen-bond acceptors (Lipinski definition) is 6. The van der Waals surface area contributed by atoms with E-state index < -0.39 is 34.6 Å². The maximum absolute atomic E-state index is 14.1. The second kappa shape index (κ2) is 8.61. The van der Waals surface area contributed by atoms with Crippen molar-refractivity contribution in [3.05, 3.63) is 71.3 Å². The number of aliphatic hydroxyl groups is 1.